The molecule has 0 aromatic carbocycles. The van der Waals surface area contributed by atoms with Gasteiger partial charge in [0.1, 0.15) is 11.6 Å². The van der Waals surface area contributed by atoms with Crippen LogP contribution in [0.2, 0.25) is 0 Å². The number of hydrogen-bond donors (Lipinski definition) is 2. The summed E-state index contributed by atoms with van der Waals surface area (Å²) in [6.07, 6.45) is 0.948. The Morgan fingerprint density at radius 2 is 2.17 bits per heavy atom. The lowest BCUT2D eigenvalue weighted by atomic mass is 10.4. The molecule has 1 aromatic rings. The predicted molar refractivity (Wildman–Crippen MR) is 75.0 cm³/mol. The summed E-state index contributed by atoms with van der Waals surface area (Å²) in [6, 6.07) is 5.74. The Morgan fingerprint density at radius 1 is 1.39 bits per heavy atom. The monoisotopic (exact) mass is 250 g/mol. The summed E-state index contributed by atoms with van der Waals surface area (Å²) in [7, 11) is 1.86. The van der Waals surface area contributed by atoms with Gasteiger partial charge in [-0.15, -0.1) is 0 Å². The zero-order chi connectivity index (χ0) is 13.4. The van der Waals surface area contributed by atoms with Crippen molar-refractivity contribution in [1.82, 2.24) is 10.3 Å². The second-order valence-corrected chi connectivity index (χ2v) is 4.12. The molecule has 0 radical (unpaired) electrons. The van der Waals surface area contributed by atoms with Crippen LogP contribution in [0, 0.1) is 0 Å². The maximum atomic E-state index is 11.6. The van der Waals surface area contributed by atoms with Crippen LogP contribution in [0.1, 0.15) is 20.3 Å². The van der Waals surface area contributed by atoms with Crippen LogP contribution in [0.3, 0.4) is 0 Å². The summed E-state index contributed by atoms with van der Waals surface area (Å²) in [5.41, 5.74) is 0. The van der Waals surface area contributed by atoms with Crippen LogP contribution in [-0.4, -0.2) is 37.6 Å². The number of nitrogens with zero attached hydrogens (tertiary/aromatic N) is 2. The van der Waals surface area contributed by atoms with E-state index in [1.54, 1.807) is 0 Å². The van der Waals surface area contributed by atoms with E-state index in [0.29, 0.717) is 6.54 Å². The van der Waals surface area contributed by atoms with Crippen LogP contribution < -0.4 is 15.5 Å². The van der Waals surface area contributed by atoms with Crippen LogP contribution in [0.25, 0.3) is 0 Å². The molecule has 5 nitrogen and oxygen atoms in total. The van der Waals surface area contributed by atoms with Crippen molar-refractivity contribution in [2.75, 3.05) is 36.9 Å². The average Bonchev–Trinajstić information content (AvgIpc) is 2.37. The van der Waals surface area contributed by atoms with Crippen molar-refractivity contribution < 1.29 is 4.79 Å². The second kappa shape index (κ2) is 7.53. The Balaban J connectivity index is 2.57. The Morgan fingerprint density at radius 3 is 2.83 bits per heavy atom. The number of carbonyl (C=O) groups is 1. The van der Waals surface area contributed by atoms with Crippen molar-refractivity contribution in [2.24, 2.45) is 0 Å². The van der Waals surface area contributed by atoms with Gasteiger partial charge in [0.25, 0.3) is 0 Å². The lowest BCUT2D eigenvalue weighted by molar-refractivity contribution is -0.119. The van der Waals surface area contributed by atoms with Crippen molar-refractivity contribution in [3.63, 3.8) is 0 Å². The Kier molecular flexibility index (Phi) is 5.97. The van der Waals surface area contributed by atoms with Crippen molar-refractivity contribution in [3.8, 4) is 0 Å². The maximum Gasteiger partial charge on any atom is 0.239 e. The Labute approximate surface area is 109 Å². The van der Waals surface area contributed by atoms with E-state index in [2.05, 4.69) is 15.6 Å². The molecule has 0 spiro atoms. The number of carbonyl (C=O) groups excluding carboxylic acids is 1. The number of likely N-dealkylation sites (N-methyl/N-ethyl adjacent to an activating group) is 1. The molecular formula is C13H22N4O. The molecule has 0 aliphatic rings. The fourth-order valence-electron chi connectivity index (χ4n) is 1.53. The molecule has 100 valence electrons. The predicted octanol–water partition coefficient (Wildman–Crippen LogP) is 1.48. The van der Waals surface area contributed by atoms with Gasteiger partial charge in [-0.3, -0.25) is 4.79 Å². The van der Waals surface area contributed by atoms with Gasteiger partial charge in [-0.25, -0.2) is 4.98 Å². The molecule has 0 saturated heterocycles. The minimum atomic E-state index is 0.0232. The molecule has 0 aliphatic carbocycles. The van der Waals surface area contributed by atoms with E-state index in [1.807, 2.05) is 44.0 Å². The third kappa shape index (κ3) is 4.61. The fraction of sp³-hybridized carbons (Fsp3) is 0.538. The second-order valence-electron chi connectivity index (χ2n) is 4.12. The third-order valence-corrected chi connectivity index (χ3v) is 2.44. The molecule has 0 aliphatic heterocycles. The van der Waals surface area contributed by atoms with Gasteiger partial charge in [0.15, 0.2) is 0 Å². The number of amides is 1. The molecule has 5 heteroatoms. The molecular weight excluding hydrogens is 228 g/mol. The lowest BCUT2D eigenvalue weighted by Crippen LogP contribution is -2.35. The first kappa shape index (κ1) is 14.3. The van der Waals surface area contributed by atoms with Crippen LogP contribution in [-0.2, 0) is 4.79 Å². The van der Waals surface area contributed by atoms with Crippen molar-refractivity contribution in [3.05, 3.63) is 18.2 Å². The summed E-state index contributed by atoms with van der Waals surface area (Å²) < 4.78 is 0. The zero-order valence-electron chi connectivity index (χ0n) is 11.4. The van der Waals surface area contributed by atoms with Gasteiger partial charge in [-0.05, 0) is 25.5 Å². The highest BCUT2D eigenvalue weighted by molar-refractivity contribution is 5.80. The van der Waals surface area contributed by atoms with Gasteiger partial charge in [0.05, 0.1) is 6.54 Å². The van der Waals surface area contributed by atoms with Crippen LogP contribution in [0.5, 0.6) is 0 Å². The van der Waals surface area contributed by atoms with Gasteiger partial charge < -0.3 is 15.5 Å². The molecule has 1 aromatic heterocycles. The van der Waals surface area contributed by atoms with Crippen molar-refractivity contribution in [2.45, 2.75) is 20.3 Å². The maximum absolute atomic E-state index is 11.6. The van der Waals surface area contributed by atoms with Crippen LogP contribution in [0.15, 0.2) is 18.2 Å². The Hall–Kier alpha value is -1.78. The highest BCUT2D eigenvalue weighted by Crippen LogP contribution is 2.12. The molecule has 0 saturated carbocycles. The first-order chi connectivity index (χ1) is 8.67. The fourth-order valence-corrected chi connectivity index (χ4v) is 1.53. The number of nitrogens with one attached hydrogen (secondary N) is 2. The Bertz CT molecular complexity index is 381. The van der Waals surface area contributed by atoms with Crippen LogP contribution in [0.4, 0.5) is 11.6 Å². The largest absolute Gasteiger partial charge is 0.370 e. The SMILES string of the molecule is CCCNC(=O)CN(C)c1cccc(NCC)n1. The van der Waals surface area contributed by atoms with Gasteiger partial charge in [0.2, 0.25) is 5.91 Å². The van der Waals surface area contributed by atoms with Crippen molar-refractivity contribution in [1.29, 1.82) is 0 Å². The number of rotatable bonds is 7. The average molecular weight is 250 g/mol. The van der Waals surface area contributed by atoms with Gasteiger partial charge >= 0.3 is 0 Å². The van der Waals surface area contributed by atoms with E-state index in [9.17, 15) is 4.79 Å². The molecule has 0 bridgehead atoms. The summed E-state index contributed by atoms with van der Waals surface area (Å²) in [5, 5.41) is 6.00. The topological polar surface area (TPSA) is 57.3 Å². The third-order valence-electron chi connectivity index (χ3n) is 2.44. The number of hydrogen-bond acceptors (Lipinski definition) is 4. The standard InChI is InChI=1S/C13H22N4O/c1-4-9-15-13(18)10-17(3)12-8-6-7-11(16-12)14-5-2/h6-8H,4-5,9-10H2,1-3H3,(H,14,16)(H,15,18). The van der Waals surface area contributed by atoms with Gasteiger partial charge in [0, 0.05) is 20.1 Å². The van der Waals surface area contributed by atoms with Crippen molar-refractivity contribution >= 4 is 17.5 Å². The zero-order valence-corrected chi connectivity index (χ0v) is 11.4. The summed E-state index contributed by atoms with van der Waals surface area (Å²) in [4.78, 5) is 17.9. The van der Waals surface area contributed by atoms with Gasteiger partial charge in [-0.1, -0.05) is 13.0 Å². The van der Waals surface area contributed by atoms with E-state index < -0.39 is 0 Å². The molecule has 1 rings (SSSR count). The number of pyridine rings is 1. The first-order valence-electron chi connectivity index (χ1n) is 6.36. The van der Waals surface area contributed by atoms with E-state index in [0.717, 1.165) is 31.1 Å². The molecule has 1 amide bonds. The van der Waals surface area contributed by atoms with Gasteiger partial charge in [-0.2, -0.15) is 0 Å². The smallest absolute Gasteiger partial charge is 0.239 e. The summed E-state index contributed by atoms with van der Waals surface area (Å²) in [5.74, 6) is 1.64. The highest BCUT2D eigenvalue weighted by atomic mass is 16.2. The number of aromatic nitrogens is 1. The quantitative estimate of drug-likeness (QED) is 0.769. The molecule has 0 atom stereocenters. The van der Waals surface area contributed by atoms with E-state index in [-0.39, 0.29) is 5.91 Å². The highest BCUT2D eigenvalue weighted by Gasteiger charge is 2.08. The molecule has 2 N–H and O–H groups in total. The summed E-state index contributed by atoms with van der Waals surface area (Å²) in [6.45, 7) is 5.93. The number of anilines is 2. The molecule has 18 heavy (non-hydrogen) atoms. The normalized spacial score (nSPS) is 9.94. The van der Waals surface area contributed by atoms with Crippen LogP contribution >= 0.6 is 0 Å². The first-order valence-corrected chi connectivity index (χ1v) is 6.36. The van der Waals surface area contributed by atoms with E-state index in [4.69, 9.17) is 0 Å². The lowest BCUT2D eigenvalue weighted by Gasteiger charge is -2.18. The minimum Gasteiger partial charge on any atom is -0.370 e. The minimum absolute atomic E-state index is 0.0232. The molecule has 1 heterocycles. The molecule has 0 unspecified atom stereocenters. The summed E-state index contributed by atoms with van der Waals surface area (Å²) >= 11 is 0. The molecule has 0 fully saturated rings. The van der Waals surface area contributed by atoms with E-state index >= 15 is 0 Å². The van der Waals surface area contributed by atoms with E-state index in [1.165, 1.54) is 0 Å².